The Labute approximate surface area is 75.1 Å². The van der Waals surface area contributed by atoms with Crippen LogP contribution >= 0.6 is 0 Å². The number of nitrogens with one attached hydrogen (secondary N) is 1. The maximum Gasteiger partial charge on any atom is 0.156 e. The Hall–Kier alpha value is -0.820. The van der Waals surface area contributed by atoms with Crippen molar-refractivity contribution in [1.82, 2.24) is 5.32 Å². The molecule has 1 aliphatic rings. The Balaban J connectivity index is 2.50. The van der Waals surface area contributed by atoms with Crippen molar-refractivity contribution in [2.75, 3.05) is 6.61 Å². The van der Waals surface area contributed by atoms with E-state index in [1.165, 1.54) is 6.20 Å². The summed E-state index contributed by atoms with van der Waals surface area (Å²) in [5.41, 5.74) is 0. The van der Waals surface area contributed by atoms with Crippen LogP contribution in [-0.4, -0.2) is 51.6 Å². The second-order valence-electron chi connectivity index (χ2n) is 2.74. The minimum Gasteiger partial charge on any atom is -0.514 e. The average Bonchev–Trinajstić information content (AvgIpc) is 2.41. The standard InChI is InChI=1S/C7H13NO5/c9-2-1-8-7-6(12)5(11)4(3-10)13-7/h1-2,4-12H,3H2/b2-1-/t4-,5-,6-,7-/m1/s1. The normalized spacial score (nSPS) is 39.9. The van der Waals surface area contributed by atoms with Crippen LogP contribution in [0.15, 0.2) is 12.5 Å². The fourth-order valence-corrected chi connectivity index (χ4v) is 1.18. The third-order valence-electron chi connectivity index (χ3n) is 1.88. The molecule has 0 bridgehead atoms. The molecular weight excluding hydrogens is 178 g/mol. The number of aliphatic hydroxyl groups is 4. The monoisotopic (exact) mass is 191 g/mol. The third-order valence-corrected chi connectivity index (χ3v) is 1.88. The Morgan fingerprint density at radius 2 is 2.00 bits per heavy atom. The van der Waals surface area contributed by atoms with Gasteiger partial charge in [0.1, 0.15) is 18.3 Å². The minimum absolute atomic E-state index is 0.362. The summed E-state index contributed by atoms with van der Waals surface area (Å²) in [5.74, 6) is 0. The van der Waals surface area contributed by atoms with E-state index in [-0.39, 0.29) is 6.61 Å². The van der Waals surface area contributed by atoms with E-state index in [2.05, 4.69) is 5.32 Å². The van der Waals surface area contributed by atoms with Crippen molar-refractivity contribution in [3.8, 4) is 0 Å². The van der Waals surface area contributed by atoms with Gasteiger partial charge in [-0.3, -0.25) is 0 Å². The zero-order chi connectivity index (χ0) is 9.84. The number of hydrogen-bond donors (Lipinski definition) is 5. The van der Waals surface area contributed by atoms with E-state index >= 15 is 0 Å². The molecule has 13 heavy (non-hydrogen) atoms. The average molecular weight is 191 g/mol. The highest BCUT2D eigenvalue weighted by Crippen LogP contribution is 2.18. The molecule has 1 heterocycles. The molecule has 5 N–H and O–H groups in total. The third kappa shape index (κ3) is 2.10. The summed E-state index contributed by atoms with van der Waals surface area (Å²) in [7, 11) is 0. The number of hydrogen-bond acceptors (Lipinski definition) is 6. The Morgan fingerprint density at radius 1 is 1.31 bits per heavy atom. The summed E-state index contributed by atoms with van der Waals surface area (Å²) < 4.78 is 5.01. The first kappa shape index (κ1) is 10.3. The fourth-order valence-electron chi connectivity index (χ4n) is 1.18. The second-order valence-corrected chi connectivity index (χ2v) is 2.74. The van der Waals surface area contributed by atoms with Crippen molar-refractivity contribution in [3.63, 3.8) is 0 Å². The van der Waals surface area contributed by atoms with Gasteiger partial charge in [0.25, 0.3) is 0 Å². The van der Waals surface area contributed by atoms with Gasteiger partial charge in [0.15, 0.2) is 6.23 Å². The molecule has 1 aliphatic heterocycles. The van der Waals surface area contributed by atoms with Crippen LogP contribution in [0.25, 0.3) is 0 Å². The van der Waals surface area contributed by atoms with E-state index in [1.54, 1.807) is 0 Å². The molecule has 1 saturated heterocycles. The van der Waals surface area contributed by atoms with E-state index in [9.17, 15) is 10.2 Å². The van der Waals surface area contributed by atoms with Crippen molar-refractivity contribution in [3.05, 3.63) is 12.5 Å². The molecule has 76 valence electrons. The molecule has 0 aliphatic carbocycles. The summed E-state index contributed by atoms with van der Waals surface area (Å²) in [6.45, 7) is -0.362. The van der Waals surface area contributed by atoms with Crippen LogP contribution in [0.4, 0.5) is 0 Å². The first-order chi connectivity index (χ1) is 6.20. The molecule has 4 atom stereocenters. The van der Waals surface area contributed by atoms with Gasteiger partial charge >= 0.3 is 0 Å². The van der Waals surface area contributed by atoms with E-state index in [0.29, 0.717) is 0 Å². The van der Waals surface area contributed by atoms with Crippen LogP contribution in [0.2, 0.25) is 0 Å². The lowest BCUT2D eigenvalue weighted by molar-refractivity contribution is -0.0283. The zero-order valence-electron chi connectivity index (χ0n) is 6.87. The maximum absolute atomic E-state index is 9.32. The van der Waals surface area contributed by atoms with Crippen molar-refractivity contribution < 1.29 is 25.2 Å². The molecule has 1 rings (SSSR count). The van der Waals surface area contributed by atoms with Gasteiger partial charge in [-0.25, -0.2) is 0 Å². The predicted octanol–water partition coefficient (Wildman–Crippen LogP) is -1.96. The molecule has 6 heteroatoms. The lowest BCUT2D eigenvalue weighted by Crippen LogP contribution is -2.38. The Morgan fingerprint density at radius 3 is 2.46 bits per heavy atom. The molecule has 0 aromatic rings. The predicted molar refractivity (Wildman–Crippen MR) is 42.7 cm³/mol. The van der Waals surface area contributed by atoms with Gasteiger partial charge in [0.05, 0.1) is 12.9 Å². The molecule has 0 saturated carbocycles. The largest absolute Gasteiger partial charge is 0.514 e. The van der Waals surface area contributed by atoms with Crippen molar-refractivity contribution >= 4 is 0 Å². The second kappa shape index (κ2) is 4.43. The van der Waals surface area contributed by atoms with E-state index in [0.717, 1.165) is 6.26 Å². The lowest BCUT2D eigenvalue weighted by Gasteiger charge is -2.13. The van der Waals surface area contributed by atoms with Gasteiger partial charge in [-0.2, -0.15) is 0 Å². The van der Waals surface area contributed by atoms with Crippen molar-refractivity contribution in [2.45, 2.75) is 24.5 Å². The van der Waals surface area contributed by atoms with E-state index < -0.39 is 24.5 Å². The molecule has 0 aromatic carbocycles. The van der Waals surface area contributed by atoms with Gasteiger partial charge in [-0.05, 0) is 0 Å². The highest BCUT2D eigenvalue weighted by atomic mass is 16.6. The molecule has 0 aromatic heterocycles. The minimum atomic E-state index is -1.12. The Kier molecular flexibility index (Phi) is 3.49. The highest BCUT2D eigenvalue weighted by molar-refractivity contribution is 4.91. The summed E-state index contributed by atoms with van der Waals surface area (Å²) in [6.07, 6.45) is -1.92. The van der Waals surface area contributed by atoms with E-state index in [4.69, 9.17) is 14.9 Å². The van der Waals surface area contributed by atoms with Crippen molar-refractivity contribution in [1.29, 1.82) is 0 Å². The van der Waals surface area contributed by atoms with Gasteiger partial charge < -0.3 is 30.5 Å². The highest BCUT2D eigenvalue weighted by Gasteiger charge is 2.41. The molecule has 0 spiro atoms. The van der Waals surface area contributed by atoms with Gasteiger partial charge in [-0.15, -0.1) is 0 Å². The molecule has 1 fully saturated rings. The summed E-state index contributed by atoms with van der Waals surface area (Å²) in [6, 6.07) is 0. The van der Waals surface area contributed by atoms with Gasteiger partial charge in [0, 0.05) is 6.20 Å². The van der Waals surface area contributed by atoms with Crippen LogP contribution in [0.1, 0.15) is 0 Å². The van der Waals surface area contributed by atoms with Crippen molar-refractivity contribution in [2.24, 2.45) is 0 Å². The summed E-state index contributed by atoms with van der Waals surface area (Å²) >= 11 is 0. The molecule has 0 amide bonds. The fraction of sp³-hybridized carbons (Fsp3) is 0.714. The first-order valence-corrected chi connectivity index (χ1v) is 3.88. The van der Waals surface area contributed by atoms with Gasteiger partial charge in [-0.1, -0.05) is 0 Å². The summed E-state index contributed by atoms with van der Waals surface area (Å²) in [5, 5.41) is 38.1. The lowest BCUT2D eigenvalue weighted by atomic mass is 10.1. The van der Waals surface area contributed by atoms with E-state index in [1.807, 2.05) is 0 Å². The Bertz CT molecular complexity index is 186. The van der Waals surface area contributed by atoms with Crippen LogP contribution in [0, 0.1) is 0 Å². The number of ether oxygens (including phenoxy) is 1. The van der Waals surface area contributed by atoms with Crippen LogP contribution < -0.4 is 5.32 Å². The SMILES string of the molecule is O/C=C\N[C@@H]1O[C@H](CO)[C@@H](O)[C@H]1O. The molecular formula is C7H13NO5. The van der Waals surface area contributed by atoms with Crippen LogP contribution in [-0.2, 0) is 4.74 Å². The van der Waals surface area contributed by atoms with Crippen LogP contribution in [0.5, 0.6) is 0 Å². The molecule has 0 unspecified atom stereocenters. The maximum atomic E-state index is 9.32. The molecule has 6 nitrogen and oxygen atoms in total. The molecule has 0 radical (unpaired) electrons. The quantitative estimate of drug-likeness (QED) is 0.332. The first-order valence-electron chi connectivity index (χ1n) is 3.88. The topological polar surface area (TPSA) is 102 Å². The number of aliphatic hydroxyl groups excluding tert-OH is 4. The summed E-state index contributed by atoms with van der Waals surface area (Å²) in [4.78, 5) is 0. The zero-order valence-corrected chi connectivity index (χ0v) is 6.87. The van der Waals surface area contributed by atoms with Gasteiger partial charge in [0.2, 0.25) is 0 Å². The van der Waals surface area contributed by atoms with Crippen LogP contribution in [0.3, 0.4) is 0 Å². The number of rotatable bonds is 3. The smallest absolute Gasteiger partial charge is 0.156 e.